The van der Waals surface area contributed by atoms with Gasteiger partial charge in [0.25, 0.3) is 0 Å². The Balaban J connectivity index is 4.85. The Kier molecular flexibility index (Phi) is 3.96. The van der Waals surface area contributed by atoms with Gasteiger partial charge >= 0.3 is 0 Å². The second kappa shape index (κ2) is 4.19. The highest BCUT2D eigenvalue weighted by Gasteiger charge is 2.38. The van der Waals surface area contributed by atoms with Crippen LogP contribution in [0.3, 0.4) is 0 Å². The van der Waals surface area contributed by atoms with Gasteiger partial charge in [0, 0.05) is 10.8 Å². The van der Waals surface area contributed by atoms with Gasteiger partial charge in [-0.15, -0.1) is 0 Å². The number of hydrogen-bond acceptors (Lipinski definition) is 2. The fraction of sp³-hybridized carbons (Fsp3) is 0.846. The number of amides is 1. The van der Waals surface area contributed by atoms with Gasteiger partial charge in [-0.25, -0.2) is 0 Å². The molecule has 0 aliphatic rings. The van der Waals surface area contributed by atoms with Crippen molar-refractivity contribution in [2.45, 2.75) is 60.9 Å². The zero-order valence-corrected chi connectivity index (χ0v) is 11.8. The summed E-state index contributed by atoms with van der Waals surface area (Å²) in [7, 11) is 0. The number of ketones is 1. The first-order valence-electron chi connectivity index (χ1n) is 5.66. The van der Waals surface area contributed by atoms with Crippen molar-refractivity contribution < 1.29 is 9.59 Å². The van der Waals surface area contributed by atoms with Crippen molar-refractivity contribution in [1.82, 2.24) is 5.32 Å². The van der Waals surface area contributed by atoms with Gasteiger partial charge in [0.2, 0.25) is 5.91 Å². The Labute approximate surface area is 99.0 Å². The molecule has 0 unspecified atom stereocenters. The lowest BCUT2D eigenvalue weighted by atomic mass is 9.79. The third-order valence-electron chi connectivity index (χ3n) is 2.36. The molecule has 16 heavy (non-hydrogen) atoms. The average molecular weight is 227 g/mol. The molecule has 1 N–H and O–H groups in total. The average Bonchev–Trinajstić information content (AvgIpc) is 1.98. The number of carbonyl (C=O) groups excluding carboxylic acids is 2. The molecule has 0 bridgehead atoms. The molecule has 0 aliphatic carbocycles. The lowest BCUT2D eigenvalue weighted by Crippen LogP contribution is -2.56. The lowest BCUT2D eigenvalue weighted by Gasteiger charge is -2.33. The Morgan fingerprint density at radius 3 is 1.38 bits per heavy atom. The summed E-state index contributed by atoms with van der Waals surface area (Å²) in [6.07, 6.45) is 0. The van der Waals surface area contributed by atoms with Crippen LogP contribution in [-0.4, -0.2) is 17.2 Å². The van der Waals surface area contributed by atoms with E-state index in [1.54, 1.807) is 13.8 Å². The molecule has 0 aliphatic heterocycles. The summed E-state index contributed by atoms with van der Waals surface area (Å²) in [5.41, 5.74) is -1.74. The molecular weight excluding hydrogens is 202 g/mol. The van der Waals surface area contributed by atoms with Crippen molar-refractivity contribution in [2.75, 3.05) is 0 Å². The lowest BCUT2D eigenvalue weighted by molar-refractivity contribution is -0.139. The maximum atomic E-state index is 12.1. The highest BCUT2D eigenvalue weighted by molar-refractivity contribution is 5.96. The Hall–Kier alpha value is -0.860. The number of nitrogens with one attached hydrogen (secondary N) is 1. The van der Waals surface area contributed by atoms with E-state index in [1.807, 2.05) is 41.5 Å². The van der Waals surface area contributed by atoms with Gasteiger partial charge in [-0.2, -0.15) is 0 Å². The van der Waals surface area contributed by atoms with Crippen molar-refractivity contribution in [1.29, 1.82) is 0 Å². The van der Waals surface area contributed by atoms with Crippen LogP contribution in [0.25, 0.3) is 0 Å². The van der Waals surface area contributed by atoms with Crippen LogP contribution in [0.5, 0.6) is 0 Å². The van der Waals surface area contributed by atoms with Gasteiger partial charge in [-0.3, -0.25) is 9.59 Å². The van der Waals surface area contributed by atoms with Gasteiger partial charge in [0.05, 0.1) is 5.54 Å². The molecule has 3 heteroatoms. The summed E-state index contributed by atoms with van der Waals surface area (Å²) in [5.74, 6) is -0.0623. The third kappa shape index (κ3) is 3.95. The fourth-order valence-corrected chi connectivity index (χ4v) is 1.47. The van der Waals surface area contributed by atoms with Crippen LogP contribution in [0.4, 0.5) is 0 Å². The van der Waals surface area contributed by atoms with Crippen LogP contribution in [-0.2, 0) is 9.59 Å². The van der Waals surface area contributed by atoms with E-state index in [0.717, 1.165) is 0 Å². The number of Topliss-reactive ketones (excluding diaryl/α,β-unsaturated/α-hetero) is 1. The van der Waals surface area contributed by atoms with Crippen LogP contribution >= 0.6 is 0 Å². The number of rotatable bonds is 2. The van der Waals surface area contributed by atoms with Crippen molar-refractivity contribution in [3.8, 4) is 0 Å². The predicted molar refractivity (Wildman–Crippen MR) is 66.1 cm³/mol. The zero-order valence-electron chi connectivity index (χ0n) is 11.8. The summed E-state index contributed by atoms with van der Waals surface area (Å²) in [5, 5.41) is 2.81. The molecule has 1 amide bonds. The van der Waals surface area contributed by atoms with E-state index in [9.17, 15) is 9.59 Å². The SMILES string of the molecule is CC(C)(C)C(=O)NC(C)(C)C(=O)C(C)(C)C. The minimum Gasteiger partial charge on any atom is -0.344 e. The van der Waals surface area contributed by atoms with E-state index in [4.69, 9.17) is 0 Å². The minimum absolute atomic E-state index is 0.0394. The first-order valence-corrected chi connectivity index (χ1v) is 5.66. The molecule has 0 aromatic rings. The van der Waals surface area contributed by atoms with Gasteiger partial charge in [-0.05, 0) is 13.8 Å². The maximum absolute atomic E-state index is 12.1. The van der Waals surface area contributed by atoms with Crippen LogP contribution in [0, 0.1) is 10.8 Å². The number of carbonyl (C=O) groups is 2. The number of hydrogen-bond donors (Lipinski definition) is 1. The summed E-state index contributed by atoms with van der Waals surface area (Å²) in [6, 6.07) is 0. The topological polar surface area (TPSA) is 46.2 Å². The molecule has 0 atom stereocenters. The smallest absolute Gasteiger partial charge is 0.226 e. The first-order chi connectivity index (χ1) is 6.78. The molecule has 0 saturated carbocycles. The third-order valence-corrected chi connectivity index (χ3v) is 2.36. The van der Waals surface area contributed by atoms with Crippen LogP contribution in [0.2, 0.25) is 0 Å². The molecule has 0 heterocycles. The molecule has 0 radical (unpaired) electrons. The van der Waals surface area contributed by atoms with Crippen molar-refractivity contribution in [3.63, 3.8) is 0 Å². The minimum atomic E-state index is -0.817. The van der Waals surface area contributed by atoms with Gasteiger partial charge in [0.15, 0.2) is 5.78 Å². The van der Waals surface area contributed by atoms with Crippen molar-refractivity contribution in [2.24, 2.45) is 10.8 Å². The molecule has 0 rings (SSSR count). The molecule has 0 spiro atoms. The Morgan fingerprint density at radius 1 is 0.750 bits per heavy atom. The summed E-state index contributed by atoms with van der Waals surface area (Å²) in [6.45, 7) is 14.6. The van der Waals surface area contributed by atoms with E-state index < -0.39 is 16.4 Å². The van der Waals surface area contributed by atoms with Crippen molar-refractivity contribution >= 4 is 11.7 Å². The predicted octanol–water partition coefficient (Wildman–Crippen LogP) is 2.54. The van der Waals surface area contributed by atoms with E-state index in [-0.39, 0.29) is 11.7 Å². The molecule has 94 valence electrons. The quantitative estimate of drug-likeness (QED) is 0.788. The normalized spacial score (nSPS) is 13.5. The van der Waals surface area contributed by atoms with E-state index in [1.165, 1.54) is 0 Å². The summed E-state index contributed by atoms with van der Waals surface area (Å²) >= 11 is 0. The van der Waals surface area contributed by atoms with Crippen LogP contribution in [0.15, 0.2) is 0 Å². The van der Waals surface area contributed by atoms with Gasteiger partial charge in [-0.1, -0.05) is 41.5 Å². The van der Waals surface area contributed by atoms with E-state index in [2.05, 4.69) is 5.32 Å². The Morgan fingerprint density at radius 2 is 1.12 bits per heavy atom. The van der Waals surface area contributed by atoms with E-state index in [0.29, 0.717) is 0 Å². The fourth-order valence-electron chi connectivity index (χ4n) is 1.47. The highest BCUT2D eigenvalue weighted by atomic mass is 16.2. The van der Waals surface area contributed by atoms with Crippen molar-refractivity contribution in [3.05, 3.63) is 0 Å². The zero-order chi connectivity index (χ0) is 13.4. The van der Waals surface area contributed by atoms with Crippen LogP contribution in [0.1, 0.15) is 55.4 Å². The second-order valence-electron chi connectivity index (χ2n) is 6.91. The van der Waals surface area contributed by atoms with Gasteiger partial charge < -0.3 is 5.32 Å². The van der Waals surface area contributed by atoms with Crippen LogP contribution < -0.4 is 5.32 Å². The Bertz CT molecular complexity index is 290. The molecule has 0 aromatic heterocycles. The van der Waals surface area contributed by atoms with E-state index >= 15 is 0 Å². The monoisotopic (exact) mass is 227 g/mol. The summed E-state index contributed by atoms with van der Waals surface area (Å²) < 4.78 is 0. The molecular formula is C13H25NO2. The largest absolute Gasteiger partial charge is 0.344 e. The first kappa shape index (κ1) is 15.1. The molecule has 0 saturated heterocycles. The maximum Gasteiger partial charge on any atom is 0.226 e. The molecule has 3 nitrogen and oxygen atoms in total. The molecule has 0 fully saturated rings. The summed E-state index contributed by atoms with van der Waals surface area (Å²) in [4.78, 5) is 24.0. The van der Waals surface area contributed by atoms with Gasteiger partial charge in [0.1, 0.15) is 0 Å². The standard InChI is InChI=1S/C13H25NO2/c1-11(2,3)9(15)13(7,8)14-10(16)12(4,5)6/h1-8H3,(H,14,16). The molecule has 0 aromatic carbocycles. The second-order valence-corrected chi connectivity index (χ2v) is 6.91. The highest BCUT2D eigenvalue weighted by Crippen LogP contribution is 2.24.